The Morgan fingerprint density at radius 1 is 1.30 bits per heavy atom. The number of fused-ring (bicyclic) bond motifs is 1. The Morgan fingerprint density at radius 3 is 2.70 bits per heavy atom. The summed E-state index contributed by atoms with van der Waals surface area (Å²) in [6, 6.07) is 7.86. The van der Waals surface area contributed by atoms with E-state index in [1.54, 1.807) is 12.1 Å². The van der Waals surface area contributed by atoms with Gasteiger partial charge in [-0.2, -0.15) is 0 Å². The van der Waals surface area contributed by atoms with Gasteiger partial charge in [-0.05, 0) is 44.7 Å². The van der Waals surface area contributed by atoms with Gasteiger partial charge >= 0.3 is 6.03 Å². The van der Waals surface area contributed by atoms with Gasteiger partial charge in [0.05, 0.1) is 24.4 Å². The van der Waals surface area contributed by atoms with E-state index in [9.17, 15) is 15.0 Å². The molecule has 23 heavy (non-hydrogen) atoms. The normalized spacial score (nSPS) is 35.4. The van der Waals surface area contributed by atoms with E-state index in [2.05, 4.69) is 10.6 Å². The molecule has 6 heteroatoms. The van der Waals surface area contributed by atoms with Crippen LogP contribution in [0.3, 0.4) is 0 Å². The first kappa shape index (κ1) is 16.2. The fourth-order valence-electron chi connectivity index (χ4n) is 3.70. The smallest absolute Gasteiger partial charge is 0.319 e. The molecule has 0 aromatic heterocycles. The lowest BCUT2D eigenvalue weighted by Gasteiger charge is -2.45. The molecule has 3 rings (SSSR count). The standard InChI is InChI=1S/C17H24N2O4/c1-16(2)9-11-8-13(20)14(17(11,22)10-23-16)19-15(21)18-12-6-4-3-5-7-12/h3-7,11,13-14,20,22H,8-10H2,1-2H3,(H2,18,19,21)/t11-,13-,14+,17+/m1/s1. The molecule has 0 unspecified atom stereocenters. The lowest BCUT2D eigenvalue weighted by Crippen LogP contribution is -2.62. The third-order valence-electron chi connectivity index (χ3n) is 4.91. The summed E-state index contributed by atoms with van der Waals surface area (Å²) in [7, 11) is 0. The number of carbonyl (C=O) groups excluding carboxylic acids is 1. The van der Waals surface area contributed by atoms with Gasteiger partial charge in [-0.25, -0.2) is 4.79 Å². The molecule has 1 saturated heterocycles. The van der Waals surface area contributed by atoms with Crippen LogP contribution in [-0.2, 0) is 4.74 Å². The Hall–Kier alpha value is -1.63. The van der Waals surface area contributed by atoms with Crippen LogP contribution in [0.15, 0.2) is 30.3 Å². The second kappa shape index (κ2) is 5.78. The van der Waals surface area contributed by atoms with Crippen molar-refractivity contribution in [1.29, 1.82) is 0 Å². The summed E-state index contributed by atoms with van der Waals surface area (Å²) in [5, 5.41) is 26.7. The molecule has 1 saturated carbocycles. The number of benzene rings is 1. The van der Waals surface area contributed by atoms with Gasteiger partial charge in [-0.3, -0.25) is 0 Å². The van der Waals surface area contributed by atoms with E-state index in [1.165, 1.54) is 0 Å². The van der Waals surface area contributed by atoms with Gasteiger partial charge in [-0.1, -0.05) is 18.2 Å². The highest BCUT2D eigenvalue weighted by Crippen LogP contribution is 2.45. The van der Waals surface area contributed by atoms with Crippen LogP contribution >= 0.6 is 0 Å². The van der Waals surface area contributed by atoms with Crippen LogP contribution in [0.1, 0.15) is 26.7 Å². The first-order valence-electron chi connectivity index (χ1n) is 7.97. The lowest BCUT2D eigenvalue weighted by molar-refractivity contribution is -0.183. The zero-order valence-corrected chi connectivity index (χ0v) is 13.5. The van der Waals surface area contributed by atoms with E-state index >= 15 is 0 Å². The fourth-order valence-corrected chi connectivity index (χ4v) is 3.70. The van der Waals surface area contributed by atoms with Crippen molar-refractivity contribution in [2.24, 2.45) is 5.92 Å². The van der Waals surface area contributed by atoms with E-state index in [-0.39, 0.29) is 18.1 Å². The molecule has 4 atom stereocenters. The average Bonchev–Trinajstić information content (AvgIpc) is 2.71. The minimum Gasteiger partial charge on any atom is -0.391 e. The van der Waals surface area contributed by atoms with Crippen LogP contribution in [0.2, 0.25) is 0 Å². The summed E-state index contributed by atoms with van der Waals surface area (Å²) in [5.41, 5.74) is -0.900. The third-order valence-corrected chi connectivity index (χ3v) is 4.91. The van der Waals surface area contributed by atoms with Crippen LogP contribution in [0.5, 0.6) is 0 Å². The van der Waals surface area contributed by atoms with Gasteiger partial charge < -0.3 is 25.6 Å². The maximum absolute atomic E-state index is 12.2. The Labute approximate surface area is 135 Å². The van der Waals surface area contributed by atoms with Crippen molar-refractivity contribution in [2.45, 2.75) is 50.0 Å². The van der Waals surface area contributed by atoms with Crippen molar-refractivity contribution in [3.8, 4) is 0 Å². The number of nitrogens with one attached hydrogen (secondary N) is 2. The highest BCUT2D eigenvalue weighted by atomic mass is 16.5. The Kier molecular flexibility index (Phi) is 4.08. The molecule has 0 radical (unpaired) electrons. The van der Waals surface area contributed by atoms with Gasteiger partial charge in [0, 0.05) is 5.69 Å². The van der Waals surface area contributed by atoms with Crippen molar-refractivity contribution in [3.63, 3.8) is 0 Å². The monoisotopic (exact) mass is 320 g/mol. The maximum atomic E-state index is 12.2. The zero-order chi connectivity index (χ0) is 16.7. The number of aliphatic hydroxyl groups is 2. The molecule has 0 bridgehead atoms. The number of aliphatic hydroxyl groups excluding tert-OH is 1. The quantitative estimate of drug-likeness (QED) is 0.664. The molecule has 0 spiro atoms. The number of amides is 2. The summed E-state index contributed by atoms with van der Waals surface area (Å²) in [6.45, 7) is 4.06. The number of para-hydroxylation sites is 1. The number of hydrogen-bond acceptors (Lipinski definition) is 4. The topological polar surface area (TPSA) is 90.8 Å². The van der Waals surface area contributed by atoms with Gasteiger partial charge in [0.15, 0.2) is 0 Å². The molecule has 1 aliphatic carbocycles. The highest BCUT2D eigenvalue weighted by Gasteiger charge is 2.58. The summed E-state index contributed by atoms with van der Waals surface area (Å²) in [4.78, 5) is 12.2. The molecule has 4 N–H and O–H groups in total. The first-order chi connectivity index (χ1) is 10.8. The van der Waals surface area contributed by atoms with E-state index in [4.69, 9.17) is 4.74 Å². The van der Waals surface area contributed by atoms with Crippen molar-refractivity contribution in [1.82, 2.24) is 5.32 Å². The zero-order valence-electron chi connectivity index (χ0n) is 13.5. The molecular formula is C17H24N2O4. The summed E-state index contributed by atoms with van der Waals surface area (Å²) in [5.74, 6) is -0.0942. The minimum atomic E-state index is -1.23. The minimum absolute atomic E-state index is 0.0942. The maximum Gasteiger partial charge on any atom is 0.319 e. The first-order valence-corrected chi connectivity index (χ1v) is 7.97. The van der Waals surface area contributed by atoms with Crippen molar-refractivity contribution in [2.75, 3.05) is 11.9 Å². The average molecular weight is 320 g/mol. The van der Waals surface area contributed by atoms with Gasteiger partial charge in [-0.15, -0.1) is 0 Å². The second-order valence-corrected chi connectivity index (χ2v) is 7.19. The predicted octanol–water partition coefficient (Wildman–Crippen LogP) is 1.49. The largest absolute Gasteiger partial charge is 0.391 e. The summed E-state index contributed by atoms with van der Waals surface area (Å²) in [6.07, 6.45) is 0.322. The van der Waals surface area contributed by atoms with E-state index in [1.807, 2.05) is 32.0 Å². The van der Waals surface area contributed by atoms with Crippen LogP contribution in [0.25, 0.3) is 0 Å². The SMILES string of the molecule is CC1(C)C[C@H]2C[C@@H](O)[C@H](NC(=O)Nc3ccccc3)[C@]2(O)CO1. The van der Waals surface area contributed by atoms with E-state index < -0.39 is 23.8 Å². The fraction of sp³-hybridized carbons (Fsp3) is 0.588. The Balaban J connectivity index is 1.69. The van der Waals surface area contributed by atoms with Gasteiger partial charge in [0.2, 0.25) is 0 Å². The number of urea groups is 1. The predicted molar refractivity (Wildman–Crippen MR) is 86.1 cm³/mol. The molecule has 1 aromatic carbocycles. The summed E-state index contributed by atoms with van der Waals surface area (Å²) >= 11 is 0. The molecule has 1 aliphatic heterocycles. The molecule has 1 aromatic rings. The number of anilines is 1. The highest BCUT2D eigenvalue weighted by molar-refractivity contribution is 5.89. The van der Waals surface area contributed by atoms with Crippen LogP contribution in [-0.4, -0.2) is 46.2 Å². The number of carbonyl (C=O) groups is 1. The summed E-state index contributed by atoms with van der Waals surface area (Å²) < 4.78 is 5.73. The van der Waals surface area contributed by atoms with Crippen molar-refractivity contribution < 1.29 is 19.7 Å². The van der Waals surface area contributed by atoms with Crippen molar-refractivity contribution >= 4 is 11.7 Å². The molecular weight excluding hydrogens is 296 g/mol. The van der Waals surface area contributed by atoms with Crippen LogP contribution < -0.4 is 10.6 Å². The molecule has 2 amide bonds. The second-order valence-electron chi connectivity index (χ2n) is 7.19. The van der Waals surface area contributed by atoms with Crippen LogP contribution in [0.4, 0.5) is 10.5 Å². The molecule has 2 aliphatic rings. The van der Waals surface area contributed by atoms with Crippen molar-refractivity contribution in [3.05, 3.63) is 30.3 Å². The molecule has 2 fully saturated rings. The van der Waals surface area contributed by atoms with Gasteiger partial charge in [0.25, 0.3) is 0 Å². The molecule has 6 nitrogen and oxygen atoms in total. The molecule has 126 valence electrons. The number of ether oxygens (including phenoxy) is 1. The third kappa shape index (κ3) is 3.20. The number of rotatable bonds is 2. The van der Waals surface area contributed by atoms with E-state index in [0.717, 1.165) is 0 Å². The lowest BCUT2D eigenvalue weighted by atomic mass is 9.79. The molecule has 1 heterocycles. The van der Waals surface area contributed by atoms with E-state index in [0.29, 0.717) is 18.5 Å². The number of hydrogen-bond donors (Lipinski definition) is 4. The van der Waals surface area contributed by atoms with Crippen LogP contribution in [0, 0.1) is 5.92 Å². The van der Waals surface area contributed by atoms with Gasteiger partial charge in [0.1, 0.15) is 5.60 Å². The Morgan fingerprint density at radius 2 is 2.00 bits per heavy atom. The Bertz CT molecular complexity index is 577.